The van der Waals surface area contributed by atoms with E-state index in [1.54, 1.807) is 6.07 Å². The van der Waals surface area contributed by atoms with Crippen LogP contribution in [0.1, 0.15) is 30.9 Å². The second kappa shape index (κ2) is 7.08. The van der Waals surface area contributed by atoms with Crippen LogP contribution in [0.3, 0.4) is 0 Å². The third-order valence-corrected chi connectivity index (χ3v) is 3.79. The first-order valence-corrected chi connectivity index (χ1v) is 7.21. The fourth-order valence-corrected chi connectivity index (χ4v) is 2.54. The van der Waals surface area contributed by atoms with Crippen molar-refractivity contribution in [1.29, 1.82) is 0 Å². The first kappa shape index (κ1) is 15.3. The lowest BCUT2D eigenvalue weighted by molar-refractivity contribution is -0.131. The van der Waals surface area contributed by atoms with Crippen LogP contribution in [-0.4, -0.2) is 41.0 Å². The summed E-state index contributed by atoms with van der Waals surface area (Å²) < 4.78 is 0. The minimum atomic E-state index is -0.247. The highest BCUT2D eigenvalue weighted by atomic mass is 16.4. The van der Waals surface area contributed by atoms with Crippen molar-refractivity contribution < 1.29 is 10.0 Å². The molecule has 0 radical (unpaired) electrons. The Bertz CT molecular complexity index is 524. The standard InChI is InChI=1S/C15H22N4O2/c1-11(15(20)19-8-4-5-9-19)17-10-12-6-2-3-7-13(12)14(16)18-21/h2-3,6-7,11,17,21H,4-5,8-10H2,1H3,(H2,16,18). The Labute approximate surface area is 124 Å². The van der Waals surface area contributed by atoms with E-state index in [0.717, 1.165) is 31.5 Å². The van der Waals surface area contributed by atoms with Gasteiger partial charge in [0, 0.05) is 25.2 Å². The van der Waals surface area contributed by atoms with Crippen LogP contribution in [0, 0.1) is 0 Å². The highest BCUT2D eigenvalue weighted by Gasteiger charge is 2.22. The molecule has 0 bridgehead atoms. The summed E-state index contributed by atoms with van der Waals surface area (Å²) in [5, 5.41) is 15.1. The molecule has 4 N–H and O–H groups in total. The third kappa shape index (κ3) is 3.72. The highest BCUT2D eigenvalue weighted by Crippen LogP contribution is 2.11. The molecule has 21 heavy (non-hydrogen) atoms. The van der Waals surface area contributed by atoms with Gasteiger partial charge in [0.15, 0.2) is 5.84 Å². The number of amides is 1. The molecule has 1 saturated heterocycles. The molecule has 0 aromatic heterocycles. The molecule has 0 spiro atoms. The van der Waals surface area contributed by atoms with E-state index in [4.69, 9.17) is 10.9 Å². The quantitative estimate of drug-likeness (QED) is 0.325. The van der Waals surface area contributed by atoms with Gasteiger partial charge in [0.2, 0.25) is 5.91 Å². The Morgan fingerprint density at radius 1 is 1.43 bits per heavy atom. The monoisotopic (exact) mass is 290 g/mol. The van der Waals surface area contributed by atoms with Gasteiger partial charge in [0.1, 0.15) is 0 Å². The van der Waals surface area contributed by atoms with Crippen LogP contribution >= 0.6 is 0 Å². The Kier molecular flexibility index (Phi) is 5.16. The van der Waals surface area contributed by atoms with Gasteiger partial charge in [-0.1, -0.05) is 29.4 Å². The van der Waals surface area contributed by atoms with E-state index in [2.05, 4.69) is 10.5 Å². The van der Waals surface area contributed by atoms with Gasteiger partial charge in [0.25, 0.3) is 0 Å². The number of rotatable bonds is 5. The molecule has 1 aliphatic rings. The average molecular weight is 290 g/mol. The number of amidine groups is 1. The topological polar surface area (TPSA) is 91.0 Å². The lowest BCUT2D eigenvalue weighted by Gasteiger charge is -2.21. The zero-order valence-electron chi connectivity index (χ0n) is 12.2. The van der Waals surface area contributed by atoms with Crippen LogP contribution in [0.4, 0.5) is 0 Å². The fourth-order valence-electron chi connectivity index (χ4n) is 2.54. The van der Waals surface area contributed by atoms with Crippen molar-refractivity contribution in [3.8, 4) is 0 Å². The van der Waals surface area contributed by atoms with E-state index < -0.39 is 0 Å². The fraction of sp³-hybridized carbons (Fsp3) is 0.467. The summed E-state index contributed by atoms with van der Waals surface area (Å²) in [6, 6.07) is 7.16. The Balaban J connectivity index is 1.98. The molecule has 114 valence electrons. The van der Waals surface area contributed by atoms with E-state index in [0.29, 0.717) is 12.1 Å². The molecule has 1 fully saturated rings. The van der Waals surface area contributed by atoms with Gasteiger partial charge in [0.05, 0.1) is 6.04 Å². The van der Waals surface area contributed by atoms with E-state index in [-0.39, 0.29) is 17.8 Å². The maximum atomic E-state index is 12.2. The molecule has 1 amide bonds. The molecular weight excluding hydrogens is 268 g/mol. The maximum absolute atomic E-state index is 12.2. The van der Waals surface area contributed by atoms with Crippen LogP contribution in [0.25, 0.3) is 0 Å². The van der Waals surface area contributed by atoms with Crippen LogP contribution < -0.4 is 11.1 Å². The van der Waals surface area contributed by atoms with Crippen molar-refractivity contribution in [2.75, 3.05) is 13.1 Å². The second-order valence-electron chi connectivity index (χ2n) is 5.28. The van der Waals surface area contributed by atoms with Crippen molar-refractivity contribution in [1.82, 2.24) is 10.2 Å². The largest absolute Gasteiger partial charge is 0.409 e. The summed E-state index contributed by atoms with van der Waals surface area (Å²) >= 11 is 0. The van der Waals surface area contributed by atoms with Crippen molar-refractivity contribution in [2.45, 2.75) is 32.4 Å². The van der Waals surface area contributed by atoms with Crippen LogP contribution in [0.15, 0.2) is 29.4 Å². The minimum absolute atomic E-state index is 0.0749. The summed E-state index contributed by atoms with van der Waals surface area (Å²) in [5.41, 5.74) is 7.23. The maximum Gasteiger partial charge on any atom is 0.239 e. The Morgan fingerprint density at radius 3 is 2.76 bits per heavy atom. The van der Waals surface area contributed by atoms with Gasteiger partial charge < -0.3 is 21.2 Å². The molecule has 6 nitrogen and oxygen atoms in total. The number of benzene rings is 1. The summed E-state index contributed by atoms with van der Waals surface area (Å²) in [7, 11) is 0. The van der Waals surface area contributed by atoms with Gasteiger partial charge >= 0.3 is 0 Å². The predicted molar refractivity (Wildman–Crippen MR) is 81.1 cm³/mol. The van der Waals surface area contributed by atoms with Gasteiger partial charge in [-0.25, -0.2) is 0 Å². The van der Waals surface area contributed by atoms with Gasteiger partial charge in [-0.2, -0.15) is 0 Å². The van der Waals surface area contributed by atoms with E-state index in [9.17, 15) is 4.79 Å². The van der Waals surface area contributed by atoms with Crippen molar-refractivity contribution in [3.05, 3.63) is 35.4 Å². The molecule has 1 atom stereocenters. The Hall–Kier alpha value is -2.08. The zero-order valence-corrected chi connectivity index (χ0v) is 12.2. The highest BCUT2D eigenvalue weighted by molar-refractivity contribution is 5.98. The summed E-state index contributed by atoms with van der Waals surface area (Å²) in [5.74, 6) is 0.208. The Morgan fingerprint density at radius 2 is 2.10 bits per heavy atom. The van der Waals surface area contributed by atoms with Crippen LogP contribution in [0.5, 0.6) is 0 Å². The number of nitrogens with zero attached hydrogens (tertiary/aromatic N) is 2. The lowest BCUT2D eigenvalue weighted by atomic mass is 10.1. The lowest BCUT2D eigenvalue weighted by Crippen LogP contribution is -2.43. The number of hydrogen-bond acceptors (Lipinski definition) is 4. The zero-order chi connectivity index (χ0) is 15.2. The van der Waals surface area contributed by atoms with Crippen molar-refractivity contribution in [3.63, 3.8) is 0 Å². The van der Waals surface area contributed by atoms with E-state index >= 15 is 0 Å². The molecule has 1 aromatic rings. The predicted octanol–water partition coefficient (Wildman–Crippen LogP) is 0.882. The van der Waals surface area contributed by atoms with E-state index in [1.807, 2.05) is 30.0 Å². The number of carbonyl (C=O) groups is 1. The normalized spacial score (nSPS) is 17.0. The van der Waals surface area contributed by atoms with Crippen LogP contribution in [-0.2, 0) is 11.3 Å². The minimum Gasteiger partial charge on any atom is -0.409 e. The summed E-state index contributed by atoms with van der Waals surface area (Å²) in [4.78, 5) is 14.1. The molecule has 0 saturated carbocycles. The number of carbonyl (C=O) groups excluding carboxylic acids is 1. The molecule has 1 unspecified atom stereocenters. The smallest absolute Gasteiger partial charge is 0.239 e. The van der Waals surface area contributed by atoms with Crippen LogP contribution in [0.2, 0.25) is 0 Å². The second-order valence-corrected chi connectivity index (χ2v) is 5.28. The number of nitrogens with two attached hydrogens (primary N) is 1. The SMILES string of the molecule is CC(NCc1ccccc1/C(N)=N/O)C(=O)N1CCCC1. The molecule has 1 heterocycles. The molecule has 1 aromatic carbocycles. The molecule has 6 heteroatoms. The summed E-state index contributed by atoms with van der Waals surface area (Å²) in [6.07, 6.45) is 2.18. The number of likely N-dealkylation sites (tertiary alicyclic amines) is 1. The molecular formula is C15H22N4O2. The molecule has 0 aliphatic carbocycles. The van der Waals surface area contributed by atoms with Crippen molar-refractivity contribution >= 4 is 11.7 Å². The third-order valence-electron chi connectivity index (χ3n) is 3.79. The number of nitrogens with one attached hydrogen (secondary N) is 1. The van der Waals surface area contributed by atoms with Gasteiger partial charge in [-0.3, -0.25) is 4.79 Å². The molecule has 1 aliphatic heterocycles. The first-order chi connectivity index (χ1) is 10.1. The first-order valence-electron chi connectivity index (χ1n) is 7.21. The average Bonchev–Trinajstić information content (AvgIpc) is 3.05. The number of hydrogen-bond donors (Lipinski definition) is 3. The van der Waals surface area contributed by atoms with Gasteiger partial charge in [-0.05, 0) is 25.3 Å². The van der Waals surface area contributed by atoms with Crippen molar-refractivity contribution in [2.24, 2.45) is 10.9 Å². The number of oxime groups is 1. The van der Waals surface area contributed by atoms with E-state index in [1.165, 1.54) is 0 Å². The summed E-state index contributed by atoms with van der Waals surface area (Å²) in [6.45, 7) is 4.07. The molecule has 2 rings (SSSR count). The van der Waals surface area contributed by atoms with Gasteiger partial charge in [-0.15, -0.1) is 0 Å².